The van der Waals surface area contributed by atoms with E-state index in [-0.39, 0.29) is 38.0 Å². The summed E-state index contributed by atoms with van der Waals surface area (Å²) >= 11 is 12.5. The van der Waals surface area contributed by atoms with Crippen molar-refractivity contribution in [2.24, 2.45) is 0 Å². The van der Waals surface area contributed by atoms with Crippen molar-refractivity contribution in [2.45, 2.75) is 9.79 Å². The molecule has 1 amide bonds. The second kappa shape index (κ2) is 10.1. The Morgan fingerprint density at radius 3 is 2.28 bits per heavy atom. The number of carbonyl (C=O) groups is 1. The fraction of sp³-hybridized carbons (Fsp3) is 0.136. The molecule has 7 nitrogen and oxygen atoms in total. The number of sulfone groups is 1. The second-order valence-corrected chi connectivity index (χ2v) is 9.20. The molecule has 3 aromatic rings. The largest absolute Gasteiger partial charge is 0.493 e. The van der Waals surface area contributed by atoms with Gasteiger partial charge in [0.05, 0.1) is 41.4 Å². The van der Waals surface area contributed by atoms with Gasteiger partial charge in [0.1, 0.15) is 4.90 Å². The van der Waals surface area contributed by atoms with Gasteiger partial charge >= 0.3 is 0 Å². The Morgan fingerprint density at radius 2 is 1.62 bits per heavy atom. The Morgan fingerprint density at radius 1 is 0.938 bits per heavy atom. The molecule has 0 unspecified atom stereocenters. The minimum absolute atomic E-state index is 0.0146. The van der Waals surface area contributed by atoms with Crippen LogP contribution in [0, 0.1) is 0 Å². The van der Waals surface area contributed by atoms with E-state index in [1.807, 2.05) is 0 Å². The number of benzene rings is 3. The van der Waals surface area contributed by atoms with Crippen LogP contribution >= 0.6 is 23.2 Å². The van der Waals surface area contributed by atoms with Gasteiger partial charge in [-0.15, -0.1) is 0 Å². The Bertz CT molecular complexity index is 1230. The van der Waals surface area contributed by atoms with E-state index in [9.17, 15) is 13.2 Å². The highest BCUT2D eigenvalue weighted by molar-refractivity contribution is 7.91. The van der Waals surface area contributed by atoms with Crippen molar-refractivity contribution < 1.29 is 22.7 Å². The molecule has 0 atom stereocenters. The first-order valence-corrected chi connectivity index (χ1v) is 11.6. The minimum atomic E-state index is -3.95. The fourth-order valence-electron chi connectivity index (χ4n) is 2.93. The maximum Gasteiger partial charge on any atom is 0.243 e. The van der Waals surface area contributed by atoms with Crippen LogP contribution in [0.25, 0.3) is 0 Å². The summed E-state index contributed by atoms with van der Waals surface area (Å²) < 4.78 is 36.4. The summed E-state index contributed by atoms with van der Waals surface area (Å²) in [6.45, 7) is -0.166. The molecule has 3 aromatic carbocycles. The van der Waals surface area contributed by atoms with Crippen LogP contribution in [-0.4, -0.2) is 35.1 Å². The SMILES string of the molecule is COc1ccc(NC(=O)CNc2ccc(Cl)c(S(=O)(=O)c3ccccc3)c2Cl)cc1OC. The van der Waals surface area contributed by atoms with Crippen LogP contribution in [0.15, 0.2) is 70.5 Å². The molecule has 0 bridgehead atoms. The van der Waals surface area contributed by atoms with Crippen molar-refractivity contribution in [2.75, 3.05) is 31.4 Å². The van der Waals surface area contributed by atoms with Crippen LogP contribution in [0.2, 0.25) is 10.0 Å². The molecular formula is C22H20Cl2N2O5S. The third-order valence-corrected chi connectivity index (χ3v) is 7.26. The van der Waals surface area contributed by atoms with Crippen molar-refractivity contribution >= 4 is 50.3 Å². The van der Waals surface area contributed by atoms with E-state index in [4.69, 9.17) is 32.7 Å². The number of rotatable bonds is 8. The van der Waals surface area contributed by atoms with Gasteiger partial charge in [0.2, 0.25) is 15.7 Å². The number of hydrogen-bond donors (Lipinski definition) is 2. The molecule has 32 heavy (non-hydrogen) atoms. The third-order valence-electron chi connectivity index (χ3n) is 4.48. The Kier molecular flexibility index (Phi) is 7.50. The molecule has 0 radical (unpaired) electrons. The molecular weight excluding hydrogens is 475 g/mol. The van der Waals surface area contributed by atoms with E-state index in [1.54, 1.807) is 36.4 Å². The number of methoxy groups -OCH3 is 2. The van der Waals surface area contributed by atoms with Gasteiger partial charge in [-0.2, -0.15) is 0 Å². The predicted molar refractivity (Wildman–Crippen MR) is 125 cm³/mol. The zero-order chi connectivity index (χ0) is 23.3. The maximum atomic E-state index is 13.0. The van der Waals surface area contributed by atoms with Crippen molar-refractivity contribution in [3.05, 3.63) is 70.7 Å². The highest BCUT2D eigenvalue weighted by Crippen LogP contribution is 2.38. The molecule has 2 N–H and O–H groups in total. The average Bonchev–Trinajstić information content (AvgIpc) is 2.79. The monoisotopic (exact) mass is 494 g/mol. The van der Waals surface area contributed by atoms with Crippen LogP contribution in [0.3, 0.4) is 0 Å². The molecule has 0 saturated carbocycles. The molecule has 0 aliphatic heterocycles. The van der Waals surface area contributed by atoms with E-state index in [2.05, 4.69) is 10.6 Å². The van der Waals surface area contributed by atoms with E-state index in [0.29, 0.717) is 17.2 Å². The minimum Gasteiger partial charge on any atom is -0.493 e. The van der Waals surface area contributed by atoms with Crippen LogP contribution in [0.1, 0.15) is 0 Å². The van der Waals surface area contributed by atoms with Gasteiger partial charge in [0.25, 0.3) is 0 Å². The number of anilines is 2. The fourth-order valence-corrected chi connectivity index (χ4v) is 5.40. The van der Waals surface area contributed by atoms with Gasteiger partial charge in [0.15, 0.2) is 11.5 Å². The molecule has 168 valence electrons. The van der Waals surface area contributed by atoms with Gasteiger partial charge < -0.3 is 20.1 Å². The van der Waals surface area contributed by atoms with Gasteiger partial charge in [-0.25, -0.2) is 8.42 Å². The lowest BCUT2D eigenvalue weighted by atomic mass is 10.2. The van der Waals surface area contributed by atoms with Gasteiger partial charge in [-0.1, -0.05) is 41.4 Å². The number of halogens is 2. The standard InChI is InChI=1S/C22H20Cl2N2O5S/c1-30-18-11-8-14(12-19(18)31-2)26-20(27)13-25-17-10-9-16(23)22(21(17)24)32(28,29)15-6-4-3-5-7-15/h3-12,25H,13H2,1-2H3,(H,26,27). The molecule has 0 heterocycles. The Labute approximate surface area is 196 Å². The van der Waals surface area contributed by atoms with Crippen LogP contribution in [0.4, 0.5) is 11.4 Å². The summed E-state index contributed by atoms with van der Waals surface area (Å²) in [6, 6.07) is 15.7. The van der Waals surface area contributed by atoms with Gasteiger partial charge in [-0.3, -0.25) is 4.79 Å². The highest BCUT2D eigenvalue weighted by atomic mass is 35.5. The summed E-state index contributed by atoms with van der Waals surface area (Å²) in [5, 5.41) is 5.46. The number of hydrogen-bond acceptors (Lipinski definition) is 6. The lowest BCUT2D eigenvalue weighted by molar-refractivity contribution is -0.114. The van der Waals surface area contributed by atoms with Crippen molar-refractivity contribution in [3.63, 3.8) is 0 Å². The summed E-state index contributed by atoms with van der Waals surface area (Å²) in [5.74, 6) is 0.620. The van der Waals surface area contributed by atoms with Crippen molar-refractivity contribution in [3.8, 4) is 11.5 Å². The van der Waals surface area contributed by atoms with Crippen molar-refractivity contribution in [1.82, 2.24) is 0 Å². The zero-order valence-corrected chi connectivity index (χ0v) is 19.5. The van der Waals surface area contributed by atoms with E-state index < -0.39 is 9.84 Å². The number of carbonyl (C=O) groups excluding carboxylic acids is 1. The van der Waals surface area contributed by atoms with E-state index in [0.717, 1.165) is 0 Å². The maximum absolute atomic E-state index is 13.0. The second-order valence-electron chi connectivity index (χ2n) is 6.53. The molecule has 0 aliphatic rings. The Balaban J connectivity index is 1.78. The number of ether oxygens (including phenoxy) is 2. The van der Waals surface area contributed by atoms with E-state index in [1.165, 1.54) is 38.5 Å². The van der Waals surface area contributed by atoms with Gasteiger partial charge in [0, 0.05) is 11.8 Å². The highest BCUT2D eigenvalue weighted by Gasteiger charge is 2.26. The molecule has 3 rings (SSSR count). The normalized spacial score (nSPS) is 11.0. The number of amides is 1. The molecule has 10 heteroatoms. The van der Waals surface area contributed by atoms with Gasteiger partial charge in [-0.05, 0) is 36.4 Å². The summed E-state index contributed by atoms with van der Waals surface area (Å²) in [7, 11) is -0.944. The summed E-state index contributed by atoms with van der Waals surface area (Å²) in [5.41, 5.74) is 0.761. The zero-order valence-electron chi connectivity index (χ0n) is 17.2. The first-order valence-electron chi connectivity index (χ1n) is 9.31. The van der Waals surface area contributed by atoms with E-state index >= 15 is 0 Å². The van der Waals surface area contributed by atoms with Crippen LogP contribution in [0.5, 0.6) is 11.5 Å². The summed E-state index contributed by atoms with van der Waals surface area (Å²) in [6.07, 6.45) is 0. The lowest BCUT2D eigenvalue weighted by Gasteiger charge is -2.14. The molecule has 0 fully saturated rings. The molecule has 0 aliphatic carbocycles. The van der Waals surface area contributed by atoms with Crippen molar-refractivity contribution in [1.29, 1.82) is 0 Å². The topological polar surface area (TPSA) is 93.7 Å². The first-order chi connectivity index (χ1) is 15.3. The Hall–Kier alpha value is -2.94. The summed E-state index contributed by atoms with van der Waals surface area (Å²) in [4.78, 5) is 12.2. The molecule has 0 saturated heterocycles. The first kappa shape index (κ1) is 23.7. The number of nitrogens with one attached hydrogen (secondary N) is 2. The smallest absolute Gasteiger partial charge is 0.243 e. The third kappa shape index (κ3) is 5.09. The van der Waals surface area contributed by atoms with Crippen LogP contribution < -0.4 is 20.1 Å². The average molecular weight is 495 g/mol. The predicted octanol–water partition coefficient (Wildman–Crippen LogP) is 4.89. The van der Waals surface area contributed by atoms with Crippen LogP contribution in [-0.2, 0) is 14.6 Å². The molecule has 0 spiro atoms. The lowest BCUT2D eigenvalue weighted by Crippen LogP contribution is -2.22. The quantitative estimate of drug-likeness (QED) is 0.462. The molecule has 0 aromatic heterocycles.